The third kappa shape index (κ3) is 5.34. The maximum absolute atomic E-state index is 13.3. The van der Waals surface area contributed by atoms with E-state index in [9.17, 15) is 13.6 Å². The standard InChI is InChI=1S/C21H25F2N3O/c22-19-7-6-16(12-20(19)23)10-17(24)13-21(27)26-9-8-25-14-18(26)11-15-4-2-1-3-5-15/h1-7,12,17-18,25H,8-11,13-14,24H2/t17-,18-/m1/s1. The van der Waals surface area contributed by atoms with Crippen molar-refractivity contribution in [2.24, 2.45) is 5.73 Å². The molecule has 0 aliphatic carbocycles. The maximum atomic E-state index is 13.3. The Bertz CT molecular complexity index is 769. The summed E-state index contributed by atoms with van der Waals surface area (Å²) in [5.41, 5.74) is 7.90. The zero-order valence-electron chi connectivity index (χ0n) is 15.2. The van der Waals surface area contributed by atoms with E-state index >= 15 is 0 Å². The summed E-state index contributed by atoms with van der Waals surface area (Å²) < 4.78 is 26.4. The minimum Gasteiger partial charge on any atom is -0.337 e. The van der Waals surface area contributed by atoms with Gasteiger partial charge < -0.3 is 16.0 Å². The molecule has 1 aliphatic rings. The maximum Gasteiger partial charge on any atom is 0.224 e. The highest BCUT2D eigenvalue weighted by Gasteiger charge is 2.27. The molecule has 3 N–H and O–H groups in total. The van der Waals surface area contributed by atoms with E-state index in [-0.39, 0.29) is 18.4 Å². The fourth-order valence-corrected chi connectivity index (χ4v) is 3.54. The van der Waals surface area contributed by atoms with Crippen molar-refractivity contribution in [3.8, 4) is 0 Å². The second-order valence-electron chi connectivity index (χ2n) is 7.05. The second kappa shape index (κ2) is 9.06. The number of halogens is 2. The van der Waals surface area contributed by atoms with Gasteiger partial charge in [-0.15, -0.1) is 0 Å². The summed E-state index contributed by atoms with van der Waals surface area (Å²) in [4.78, 5) is 14.7. The van der Waals surface area contributed by atoms with Crippen LogP contribution in [0.1, 0.15) is 17.5 Å². The Kier molecular flexibility index (Phi) is 6.53. The molecular formula is C21H25F2N3O. The minimum atomic E-state index is -0.893. The first-order chi connectivity index (χ1) is 13.0. The normalized spacial score (nSPS) is 18.3. The molecule has 1 aliphatic heterocycles. The zero-order valence-corrected chi connectivity index (χ0v) is 15.2. The van der Waals surface area contributed by atoms with E-state index in [0.29, 0.717) is 18.5 Å². The predicted molar refractivity (Wildman–Crippen MR) is 101 cm³/mol. The first-order valence-electron chi connectivity index (χ1n) is 9.26. The van der Waals surface area contributed by atoms with Crippen LogP contribution in [0.5, 0.6) is 0 Å². The molecule has 0 radical (unpaired) electrons. The van der Waals surface area contributed by atoms with Crippen molar-refractivity contribution in [1.82, 2.24) is 10.2 Å². The van der Waals surface area contributed by atoms with E-state index in [0.717, 1.165) is 31.6 Å². The van der Waals surface area contributed by atoms with E-state index < -0.39 is 17.7 Å². The lowest BCUT2D eigenvalue weighted by molar-refractivity contribution is -0.134. The van der Waals surface area contributed by atoms with Crippen LogP contribution in [0.2, 0.25) is 0 Å². The van der Waals surface area contributed by atoms with Crippen LogP contribution in [0.3, 0.4) is 0 Å². The Morgan fingerprint density at radius 3 is 2.67 bits per heavy atom. The van der Waals surface area contributed by atoms with Crippen LogP contribution >= 0.6 is 0 Å². The number of carbonyl (C=O) groups is 1. The average molecular weight is 373 g/mol. The molecule has 0 spiro atoms. The van der Waals surface area contributed by atoms with Crippen molar-refractivity contribution in [3.05, 3.63) is 71.3 Å². The van der Waals surface area contributed by atoms with Crippen molar-refractivity contribution in [2.75, 3.05) is 19.6 Å². The third-order valence-electron chi connectivity index (χ3n) is 4.90. The van der Waals surface area contributed by atoms with Gasteiger partial charge >= 0.3 is 0 Å². The van der Waals surface area contributed by atoms with Crippen LogP contribution in [0, 0.1) is 11.6 Å². The molecule has 0 bridgehead atoms. The van der Waals surface area contributed by atoms with Gasteiger partial charge in [-0.3, -0.25) is 4.79 Å². The Balaban J connectivity index is 1.59. The van der Waals surface area contributed by atoms with Gasteiger partial charge in [-0.2, -0.15) is 0 Å². The lowest BCUT2D eigenvalue weighted by Crippen LogP contribution is -2.55. The fourth-order valence-electron chi connectivity index (χ4n) is 3.54. The number of hydrogen-bond acceptors (Lipinski definition) is 3. The molecule has 1 heterocycles. The van der Waals surface area contributed by atoms with Gasteiger partial charge in [0.25, 0.3) is 0 Å². The summed E-state index contributed by atoms with van der Waals surface area (Å²) in [5.74, 6) is -1.77. The highest BCUT2D eigenvalue weighted by molar-refractivity contribution is 5.77. The Morgan fingerprint density at radius 1 is 1.15 bits per heavy atom. The SMILES string of the molecule is N[C@@H](CC(=O)N1CCNC[C@H]1Cc1ccccc1)Cc1ccc(F)c(F)c1. The fraction of sp³-hybridized carbons (Fsp3) is 0.381. The van der Waals surface area contributed by atoms with Gasteiger partial charge in [-0.25, -0.2) is 8.78 Å². The monoisotopic (exact) mass is 373 g/mol. The van der Waals surface area contributed by atoms with Crippen LogP contribution in [-0.2, 0) is 17.6 Å². The molecular weight excluding hydrogens is 348 g/mol. The van der Waals surface area contributed by atoms with Gasteiger partial charge in [-0.1, -0.05) is 36.4 Å². The summed E-state index contributed by atoms with van der Waals surface area (Å²) in [7, 11) is 0. The molecule has 1 saturated heterocycles. The van der Waals surface area contributed by atoms with Gasteiger partial charge in [-0.05, 0) is 36.1 Å². The number of benzene rings is 2. The second-order valence-corrected chi connectivity index (χ2v) is 7.05. The van der Waals surface area contributed by atoms with E-state index in [1.165, 1.54) is 11.6 Å². The van der Waals surface area contributed by atoms with Crippen LogP contribution in [-0.4, -0.2) is 42.5 Å². The number of carbonyl (C=O) groups excluding carboxylic acids is 1. The van der Waals surface area contributed by atoms with E-state index in [1.54, 1.807) is 0 Å². The van der Waals surface area contributed by atoms with Gasteiger partial charge in [0.2, 0.25) is 5.91 Å². The van der Waals surface area contributed by atoms with E-state index in [4.69, 9.17) is 5.73 Å². The molecule has 0 unspecified atom stereocenters. The third-order valence-corrected chi connectivity index (χ3v) is 4.90. The topological polar surface area (TPSA) is 58.4 Å². The van der Waals surface area contributed by atoms with Gasteiger partial charge in [0, 0.05) is 38.1 Å². The molecule has 2 atom stereocenters. The number of amides is 1. The highest BCUT2D eigenvalue weighted by atomic mass is 19.2. The molecule has 3 rings (SSSR count). The molecule has 1 fully saturated rings. The zero-order chi connectivity index (χ0) is 19.2. The lowest BCUT2D eigenvalue weighted by Gasteiger charge is -2.37. The molecule has 144 valence electrons. The number of piperazine rings is 1. The summed E-state index contributed by atoms with van der Waals surface area (Å²) in [6.07, 6.45) is 1.31. The van der Waals surface area contributed by atoms with Crippen LogP contribution in [0.4, 0.5) is 8.78 Å². The largest absolute Gasteiger partial charge is 0.337 e. The van der Waals surface area contributed by atoms with Crippen molar-refractivity contribution in [1.29, 1.82) is 0 Å². The molecule has 6 heteroatoms. The molecule has 4 nitrogen and oxygen atoms in total. The molecule has 1 amide bonds. The number of nitrogens with zero attached hydrogens (tertiary/aromatic N) is 1. The van der Waals surface area contributed by atoms with E-state index in [2.05, 4.69) is 17.4 Å². The van der Waals surface area contributed by atoms with Gasteiger partial charge in [0.1, 0.15) is 0 Å². The van der Waals surface area contributed by atoms with Crippen LogP contribution < -0.4 is 11.1 Å². The van der Waals surface area contributed by atoms with E-state index in [1.807, 2.05) is 23.1 Å². The van der Waals surface area contributed by atoms with Crippen molar-refractivity contribution in [2.45, 2.75) is 31.3 Å². The van der Waals surface area contributed by atoms with Crippen molar-refractivity contribution < 1.29 is 13.6 Å². The number of nitrogens with two attached hydrogens (primary N) is 1. The Hall–Kier alpha value is -2.31. The van der Waals surface area contributed by atoms with Gasteiger partial charge in [0.05, 0.1) is 0 Å². The van der Waals surface area contributed by atoms with Crippen LogP contribution in [0.25, 0.3) is 0 Å². The summed E-state index contributed by atoms with van der Waals surface area (Å²) in [5, 5.41) is 3.34. The number of rotatable bonds is 6. The molecule has 0 saturated carbocycles. The molecule has 0 aromatic heterocycles. The molecule has 2 aromatic carbocycles. The molecule has 27 heavy (non-hydrogen) atoms. The summed E-state index contributed by atoms with van der Waals surface area (Å²) in [6.45, 7) is 2.16. The Labute approximate surface area is 158 Å². The van der Waals surface area contributed by atoms with Crippen molar-refractivity contribution >= 4 is 5.91 Å². The number of hydrogen-bond donors (Lipinski definition) is 2. The quantitative estimate of drug-likeness (QED) is 0.817. The number of nitrogens with one attached hydrogen (secondary N) is 1. The van der Waals surface area contributed by atoms with Gasteiger partial charge in [0.15, 0.2) is 11.6 Å². The van der Waals surface area contributed by atoms with Crippen molar-refractivity contribution in [3.63, 3.8) is 0 Å². The summed E-state index contributed by atoms with van der Waals surface area (Å²) >= 11 is 0. The smallest absolute Gasteiger partial charge is 0.224 e. The predicted octanol–water partition coefficient (Wildman–Crippen LogP) is 2.27. The first-order valence-corrected chi connectivity index (χ1v) is 9.26. The average Bonchev–Trinajstić information content (AvgIpc) is 2.66. The lowest BCUT2D eigenvalue weighted by atomic mass is 10.00. The van der Waals surface area contributed by atoms with Crippen LogP contribution in [0.15, 0.2) is 48.5 Å². The summed E-state index contributed by atoms with van der Waals surface area (Å²) in [6, 6.07) is 13.5. The highest BCUT2D eigenvalue weighted by Crippen LogP contribution is 2.15. The Morgan fingerprint density at radius 2 is 1.93 bits per heavy atom. The minimum absolute atomic E-state index is 0.00696. The first kappa shape index (κ1) is 19.5. The molecule has 2 aromatic rings.